The van der Waals surface area contributed by atoms with Crippen LogP contribution in [-0.4, -0.2) is 6.04 Å². The standard InChI is InChI=1S/C18H17N/c1-14-9-10-15(13-19-14)11-12-17-7-4-6-16-5-2-3-8-18(16)17/h2-14,19H,1H3/b12-11+. The van der Waals surface area contributed by atoms with Gasteiger partial charge in [-0.3, -0.25) is 0 Å². The van der Waals surface area contributed by atoms with Gasteiger partial charge >= 0.3 is 0 Å². The number of allylic oxidation sites excluding steroid dienone is 3. The smallest absolute Gasteiger partial charge is 0.0414 e. The Morgan fingerprint density at radius 2 is 1.84 bits per heavy atom. The topological polar surface area (TPSA) is 12.0 Å². The summed E-state index contributed by atoms with van der Waals surface area (Å²) in [6.45, 7) is 2.14. The Balaban J connectivity index is 1.92. The minimum absolute atomic E-state index is 0.426. The van der Waals surface area contributed by atoms with Gasteiger partial charge in [-0.05, 0) is 28.8 Å². The lowest BCUT2D eigenvalue weighted by Crippen LogP contribution is -2.20. The zero-order valence-corrected chi connectivity index (χ0v) is 11.0. The fourth-order valence-electron chi connectivity index (χ4n) is 2.27. The molecule has 1 heteroatoms. The summed E-state index contributed by atoms with van der Waals surface area (Å²) in [4.78, 5) is 0. The Bertz CT molecular complexity index is 672. The summed E-state index contributed by atoms with van der Waals surface area (Å²) in [6, 6.07) is 15.3. The maximum atomic E-state index is 3.31. The van der Waals surface area contributed by atoms with Crippen molar-refractivity contribution in [2.24, 2.45) is 0 Å². The quantitative estimate of drug-likeness (QED) is 0.835. The maximum absolute atomic E-state index is 3.31. The van der Waals surface area contributed by atoms with Crippen LogP contribution in [0.1, 0.15) is 12.5 Å². The van der Waals surface area contributed by atoms with E-state index in [4.69, 9.17) is 0 Å². The molecule has 0 aliphatic carbocycles. The Hall–Kier alpha value is -2.28. The average Bonchev–Trinajstić information content (AvgIpc) is 2.47. The molecular formula is C18H17N. The van der Waals surface area contributed by atoms with Gasteiger partial charge in [-0.2, -0.15) is 0 Å². The van der Waals surface area contributed by atoms with Gasteiger partial charge in [0.1, 0.15) is 0 Å². The molecule has 1 nitrogen and oxygen atoms in total. The van der Waals surface area contributed by atoms with Crippen molar-refractivity contribution in [1.29, 1.82) is 0 Å². The van der Waals surface area contributed by atoms with Gasteiger partial charge in [-0.25, -0.2) is 0 Å². The van der Waals surface area contributed by atoms with E-state index in [0.717, 1.165) is 0 Å². The first kappa shape index (κ1) is 11.8. The molecule has 0 aromatic heterocycles. The Labute approximate surface area is 114 Å². The predicted molar refractivity (Wildman–Crippen MR) is 82.8 cm³/mol. The van der Waals surface area contributed by atoms with Gasteiger partial charge in [0.25, 0.3) is 0 Å². The summed E-state index contributed by atoms with van der Waals surface area (Å²) in [6.07, 6.45) is 10.7. The number of hydrogen-bond acceptors (Lipinski definition) is 1. The Morgan fingerprint density at radius 3 is 2.68 bits per heavy atom. The SMILES string of the molecule is CC1C=CC(/C=C/c2cccc3ccccc23)=CN1. The molecule has 0 saturated carbocycles. The van der Waals surface area contributed by atoms with E-state index < -0.39 is 0 Å². The van der Waals surface area contributed by atoms with Crippen molar-refractivity contribution in [3.05, 3.63) is 78.0 Å². The van der Waals surface area contributed by atoms with Crippen molar-refractivity contribution >= 4 is 16.8 Å². The number of fused-ring (bicyclic) bond motifs is 1. The first-order chi connectivity index (χ1) is 9.33. The third-order valence-corrected chi connectivity index (χ3v) is 3.37. The predicted octanol–water partition coefficient (Wildman–Crippen LogP) is 4.28. The largest absolute Gasteiger partial charge is 0.384 e. The minimum atomic E-state index is 0.426. The van der Waals surface area contributed by atoms with Gasteiger partial charge in [0, 0.05) is 12.2 Å². The first-order valence-electron chi connectivity index (χ1n) is 6.63. The van der Waals surface area contributed by atoms with Crippen LogP contribution in [0.4, 0.5) is 0 Å². The van der Waals surface area contributed by atoms with E-state index in [1.807, 2.05) is 0 Å². The summed E-state index contributed by atoms with van der Waals surface area (Å²) >= 11 is 0. The fourth-order valence-corrected chi connectivity index (χ4v) is 2.27. The Morgan fingerprint density at radius 1 is 1.00 bits per heavy atom. The van der Waals surface area contributed by atoms with Crippen LogP contribution >= 0.6 is 0 Å². The number of benzene rings is 2. The molecule has 1 aliphatic heterocycles. The molecule has 2 aromatic carbocycles. The fraction of sp³-hybridized carbons (Fsp3) is 0.111. The lowest BCUT2D eigenvalue weighted by molar-refractivity contribution is 0.756. The van der Waals surface area contributed by atoms with E-state index in [1.165, 1.54) is 21.9 Å². The molecule has 1 heterocycles. The van der Waals surface area contributed by atoms with E-state index in [9.17, 15) is 0 Å². The summed E-state index contributed by atoms with van der Waals surface area (Å²) in [7, 11) is 0. The maximum Gasteiger partial charge on any atom is 0.0414 e. The molecule has 1 atom stereocenters. The van der Waals surface area contributed by atoms with Gasteiger partial charge in [-0.15, -0.1) is 0 Å². The van der Waals surface area contributed by atoms with Crippen LogP contribution in [0.2, 0.25) is 0 Å². The second-order valence-corrected chi connectivity index (χ2v) is 4.86. The summed E-state index contributed by atoms with van der Waals surface area (Å²) in [5.74, 6) is 0. The van der Waals surface area contributed by atoms with Crippen molar-refractivity contribution < 1.29 is 0 Å². The normalized spacial score (nSPS) is 18.6. The molecule has 0 bridgehead atoms. The molecule has 94 valence electrons. The molecule has 1 N–H and O–H groups in total. The molecule has 0 saturated heterocycles. The monoisotopic (exact) mass is 247 g/mol. The minimum Gasteiger partial charge on any atom is -0.384 e. The zero-order chi connectivity index (χ0) is 13.1. The Kier molecular flexibility index (Phi) is 3.20. The molecule has 0 amide bonds. The highest BCUT2D eigenvalue weighted by Crippen LogP contribution is 2.20. The average molecular weight is 247 g/mol. The van der Waals surface area contributed by atoms with Crippen molar-refractivity contribution in [3.8, 4) is 0 Å². The molecule has 0 radical (unpaired) electrons. The van der Waals surface area contributed by atoms with Crippen molar-refractivity contribution in [2.45, 2.75) is 13.0 Å². The van der Waals surface area contributed by atoms with Crippen LogP contribution < -0.4 is 5.32 Å². The van der Waals surface area contributed by atoms with Crippen molar-refractivity contribution in [3.63, 3.8) is 0 Å². The number of hydrogen-bond donors (Lipinski definition) is 1. The van der Waals surface area contributed by atoms with Crippen LogP contribution in [0.15, 0.2) is 72.5 Å². The van der Waals surface area contributed by atoms with Crippen LogP contribution in [0.5, 0.6) is 0 Å². The second kappa shape index (κ2) is 5.15. The van der Waals surface area contributed by atoms with Gasteiger partial charge in [-0.1, -0.05) is 66.8 Å². The lowest BCUT2D eigenvalue weighted by Gasteiger charge is -2.12. The number of rotatable bonds is 2. The van der Waals surface area contributed by atoms with Crippen LogP contribution in [0.25, 0.3) is 16.8 Å². The highest BCUT2D eigenvalue weighted by molar-refractivity contribution is 5.90. The van der Waals surface area contributed by atoms with Crippen molar-refractivity contribution in [1.82, 2.24) is 5.32 Å². The van der Waals surface area contributed by atoms with Crippen LogP contribution in [-0.2, 0) is 0 Å². The first-order valence-corrected chi connectivity index (χ1v) is 6.63. The lowest BCUT2D eigenvalue weighted by atomic mass is 10.0. The third-order valence-electron chi connectivity index (χ3n) is 3.37. The summed E-state index contributed by atoms with van der Waals surface area (Å²) in [5, 5.41) is 5.88. The van der Waals surface area contributed by atoms with E-state index >= 15 is 0 Å². The zero-order valence-electron chi connectivity index (χ0n) is 11.0. The van der Waals surface area contributed by atoms with Crippen LogP contribution in [0, 0.1) is 0 Å². The van der Waals surface area contributed by atoms with E-state index in [0.29, 0.717) is 6.04 Å². The highest BCUT2D eigenvalue weighted by Gasteiger charge is 2.00. The molecule has 3 rings (SSSR count). The molecule has 0 spiro atoms. The number of dihydropyridines is 1. The summed E-state index contributed by atoms with van der Waals surface area (Å²) < 4.78 is 0. The van der Waals surface area contributed by atoms with Crippen LogP contribution in [0.3, 0.4) is 0 Å². The summed E-state index contributed by atoms with van der Waals surface area (Å²) in [5.41, 5.74) is 2.46. The third kappa shape index (κ3) is 2.60. The number of nitrogens with one attached hydrogen (secondary N) is 1. The molecule has 0 fully saturated rings. The van der Waals surface area contributed by atoms with Gasteiger partial charge in [0.2, 0.25) is 0 Å². The van der Waals surface area contributed by atoms with Gasteiger partial charge in [0.15, 0.2) is 0 Å². The van der Waals surface area contributed by atoms with Gasteiger partial charge in [0.05, 0.1) is 0 Å². The van der Waals surface area contributed by atoms with E-state index in [2.05, 4.69) is 85.2 Å². The molecule has 1 aliphatic rings. The molecule has 19 heavy (non-hydrogen) atoms. The van der Waals surface area contributed by atoms with E-state index in [-0.39, 0.29) is 0 Å². The van der Waals surface area contributed by atoms with Crippen molar-refractivity contribution in [2.75, 3.05) is 0 Å². The molecular weight excluding hydrogens is 230 g/mol. The second-order valence-electron chi connectivity index (χ2n) is 4.86. The van der Waals surface area contributed by atoms with E-state index in [1.54, 1.807) is 0 Å². The molecule has 2 aromatic rings. The van der Waals surface area contributed by atoms with Gasteiger partial charge < -0.3 is 5.32 Å². The highest BCUT2D eigenvalue weighted by atomic mass is 14.9. The molecule has 1 unspecified atom stereocenters.